The van der Waals surface area contributed by atoms with E-state index in [1.807, 2.05) is 0 Å². The molecule has 0 saturated heterocycles. The molecule has 0 spiro atoms. The fourth-order valence-electron chi connectivity index (χ4n) is 3.43. The summed E-state index contributed by atoms with van der Waals surface area (Å²) in [6.07, 6.45) is -6.05. The van der Waals surface area contributed by atoms with Gasteiger partial charge < -0.3 is 19.5 Å². The van der Waals surface area contributed by atoms with Crippen LogP contribution in [-0.2, 0) is 44.3 Å². The number of benzene rings is 1. The minimum absolute atomic E-state index is 0.0533. The van der Waals surface area contributed by atoms with Gasteiger partial charge in [0.25, 0.3) is 10.1 Å². The van der Waals surface area contributed by atoms with Crippen LogP contribution in [0.4, 0.5) is 18.0 Å². The normalized spacial score (nSPS) is 14.5. The van der Waals surface area contributed by atoms with Gasteiger partial charge in [-0.05, 0) is 99.8 Å². The third-order valence-corrected chi connectivity index (χ3v) is 6.34. The molecule has 2 unspecified atom stereocenters. The molecule has 0 saturated carbocycles. The van der Waals surface area contributed by atoms with Crippen LogP contribution < -0.4 is 5.32 Å². The van der Waals surface area contributed by atoms with E-state index in [1.165, 1.54) is 0 Å². The number of alkyl halides is 3. The summed E-state index contributed by atoms with van der Waals surface area (Å²) in [5, 5.41) is 2.44. The van der Waals surface area contributed by atoms with Crippen LogP contribution in [-0.4, -0.2) is 55.9 Å². The molecule has 1 amide bonds. The molecule has 10 nitrogen and oxygen atoms in total. The zero-order chi connectivity index (χ0) is 32.7. The lowest BCUT2D eigenvalue weighted by Gasteiger charge is -2.29. The zero-order valence-corrected chi connectivity index (χ0v) is 26.3. The summed E-state index contributed by atoms with van der Waals surface area (Å²) in [4.78, 5) is 37.9. The van der Waals surface area contributed by atoms with Crippen molar-refractivity contribution in [1.29, 1.82) is 0 Å². The van der Waals surface area contributed by atoms with Crippen molar-refractivity contribution in [2.75, 3.05) is 6.61 Å². The highest BCUT2D eigenvalue weighted by Gasteiger charge is 2.35. The van der Waals surface area contributed by atoms with Gasteiger partial charge in [0.2, 0.25) is 0 Å². The second-order valence-corrected chi connectivity index (χ2v) is 14.3. The molecule has 240 valence electrons. The number of hydrogen-bond donors (Lipinski definition) is 1. The first-order valence-corrected chi connectivity index (χ1v) is 14.7. The van der Waals surface area contributed by atoms with Crippen LogP contribution in [0.15, 0.2) is 29.2 Å². The number of ether oxygens (including phenoxy) is 3. The van der Waals surface area contributed by atoms with Crippen molar-refractivity contribution >= 4 is 28.1 Å². The quantitative estimate of drug-likeness (QED) is 0.141. The van der Waals surface area contributed by atoms with Gasteiger partial charge in [-0.3, -0.25) is 8.98 Å². The molecular formula is C28H42F3NO9S. The Morgan fingerprint density at radius 1 is 0.833 bits per heavy atom. The smallest absolute Gasteiger partial charge is 0.416 e. The second kappa shape index (κ2) is 14.1. The third-order valence-electron chi connectivity index (χ3n) is 5.03. The van der Waals surface area contributed by atoms with Crippen LogP contribution in [0.3, 0.4) is 0 Å². The summed E-state index contributed by atoms with van der Waals surface area (Å²) < 4.78 is 85.1. The van der Waals surface area contributed by atoms with Crippen molar-refractivity contribution in [1.82, 2.24) is 5.32 Å². The fraction of sp³-hybridized carbons (Fsp3) is 0.679. The summed E-state index contributed by atoms with van der Waals surface area (Å²) in [5.74, 6) is -2.58. The topological polar surface area (TPSA) is 134 Å². The molecule has 2 atom stereocenters. The maximum absolute atomic E-state index is 13.1. The van der Waals surface area contributed by atoms with Gasteiger partial charge in [0.1, 0.15) is 22.8 Å². The summed E-state index contributed by atoms with van der Waals surface area (Å²) in [7, 11) is -4.54. The predicted octanol–water partition coefficient (Wildman–Crippen LogP) is 5.77. The molecule has 0 bridgehead atoms. The molecule has 0 aromatic heterocycles. The number of carbonyl (C=O) groups is 3. The highest BCUT2D eigenvalue weighted by atomic mass is 32.2. The molecule has 0 heterocycles. The van der Waals surface area contributed by atoms with Crippen LogP contribution in [0.1, 0.15) is 87.1 Å². The molecule has 1 rings (SSSR count). The van der Waals surface area contributed by atoms with E-state index in [-0.39, 0.29) is 19.3 Å². The summed E-state index contributed by atoms with van der Waals surface area (Å²) in [5.41, 5.74) is -3.85. The van der Waals surface area contributed by atoms with E-state index >= 15 is 0 Å². The molecule has 1 N–H and O–H groups in total. The van der Waals surface area contributed by atoms with Crippen LogP contribution in [0, 0.1) is 5.92 Å². The number of halogens is 3. The number of alkyl carbamates (subject to hydrolysis) is 1. The number of esters is 2. The van der Waals surface area contributed by atoms with Crippen molar-refractivity contribution in [3.63, 3.8) is 0 Å². The van der Waals surface area contributed by atoms with E-state index in [2.05, 4.69) is 5.32 Å². The lowest BCUT2D eigenvalue weighted by molar-refractivity contribution is -0.163. The van der Waals surface area contributed by atoms with Gasteiger partial charge in [-0.2, -0.15) is 21.6 Å². The predicted molar refractivity (Wildman–Crippen MR) is 147 cm³/mol. The summed E-state index contributed by atoms with van der Waals surface area (Å²) in [6, 6.07) is 1.79. The average molecular weight is 626 g/mol. The number of rotatable bonds is 11. The van der Waals surface area contributed by atoms with Gasteiger partial charge in [0, 0.05) is 0 Å². The molecule has 1 aromatic rings. The molecule has 1 aromatic carbocycles. The van der Waals surface area contributed by atoms with E-state index < -0.39 is 80.2 Å². The van der Waals surface area contributed by atoms with E-state index in [9.17, 15) is 36.0 Å². The van der Waals surface area contributed by atoms with Gasteiger partial charge in [-0.25, -0.2) is 9.59 Å². The molecule has 0 aliphatic rings. The first-order chi connectivity index (χ1) is 18.8. The molecule has 42 heavy (non-hydrogen) atoms. The van der Waals surface area contributed by atoms with Gasteiger partial charge >= 0.3 is 24.2 Å². The van der Waals surface area contributed by atoms with E-state index in [1.54, 1.807) is 62.3 Å². The Morgan fingerprint density at radius 3 is 1.86 bits per heavy atom. The van der Waals surface area contributed by atoms with E-state index in [0.717, 1.165) is 18.2 Å². The first kappa shape index (κ1) is 37.2. The maximum Gasteiger partial charge on any atom is 0.416 e. The number of hydrogen-bond acceptors (Lipinski definition) is 9. The average Bonchev–Trinajstić information content (AvgIpc) is 2.76. The molecule has 0 aliphatic heterocycles. The van der Waals surface area contributed by atoms with Crippen molar-refractivity contribution in [3.8, 4) is 0 Å². The van der Waals surface area contributed by atoms with E-state index in [4.69, 9.17) is 18.4 Å². The number of nitrogens with one attached hydrogen (secondary N) is 1. The largest absolute Gasteiger partial charge is 0.460 e. The lowest BCUT2D eigenvalue weighted by Crippen LogP contribution is -2.47. The van der Waals surface area contributed by atoms with Crippen LogP contribution >= 0.6 is 0 Å². The van der Waals surface area contributed by atoms with Gasteiger partial charge in [0.15, 0.2) is 0 Å². The van der Waals surface area contributed by atoms with Gasteiger partial charge in [-0.15, -0.1) is 0 Å². The minimum atomic E-state index is -4.75. The van der Waals surface area contributed by atoms with Gasteiger partial charge in [-0.1, -0.05) is 6.07 Å². The summed E-state index contributed by atoms with van der Waals surface area (Å²) in [6.45, 7) is 14.2. The highest BCUT2D eigenvalue weighted by Crippen LogP contribution is 2.31. The molecule has 14 heteroatoms. The monoisotopic (exact) mass is 625 g/mol. The Labute approximate surface area is 245 Å². The van der Waals surface area contributed by atoms with Crippen molar-refractivity contribution in [3.05, 3.63) is 29.8 Å². The van der Waals surface area contributed by atoms with E-state index in [0.29, 0.717) is 6.07 Å². The third kappa shape index (κ3) is 14.3. The Hall–Kier alpha value is -2.87. The second-order valence-electron chi connectivity index (χ2n) is 12.6. The minimum Gasteiger partial charge on any atom is -0.460 e. The Balaban J connectivity index is 3.12. The van der Waals surface area contributed by atoms with Crippen LogP contribution in [0.25, 0.3) is 0 Å². The first-order valence-electron chi connectivity index (χ1n) is 13.3. The number of amides is 1. The lowest BCUT2D eigenvalue weighted by atomic mass is 9.94. The Morgan fingerprint density at radius 2 is 1.36 bits per heavy atom. The zero-order valence-electron chi connectivity index (χ0n) is 25.5. The van der Waals surface area contributed by atoms with Gasteiger partial charge in [0.05, 0.1) is 23.0 Å². The molecule has 0 fully saturated rings. The highest BCUT2D eigenvalue weighted by molar-refractivity contribution is 7.86. The van der Waals surface area contributed by atoms with Crippen LogP contribution in [0.2, 0.25) is 0 Å². The van der Waals surface area contributed by atoms with Crippen molar-refractivity contribution < 1.29 is 54.4 Å². The SMILES string of the molecule is CC(C)(C)OC(=O)NC(CC(CCCOS(=O)(=O)c1cccc(C(F)(F)F)c1)C(=O)OC(C)(C)C)C(=O)OC(C)(C)C. The molecule has 0 radical (unpaired) electrons. The maximum atomic E-state index is 13.1. The van der Waals surface area contributed by atoms with Crippen molar-refractivity contribution in [2.45, 2.75) is 115 Å². The number of carbonyl (C=O) groups excluding carboxylic acids is 3. The fourth-order valence-corrected chi connectivity index (χ4v) is 4.42. The molecule has 0 aliphatic carbocycles. The van der Waals surface area contributed by atoms with Crippen LogP contribution in [0.5, 0.6) is 0 Å². The molecular weight excluding hydrogens is 583 g/mol. The van der Waals surface area contributed by atoms with Crippen molar-refractivity contribution in [2.24, 2.45) is 5.92 Å². The standard InChI is InChI=1S/C28H42F3NO9S/c1-25(2,3)39-22(33)18(16-21(23(34)40-26(4,5)6)32-24(35)41-27(7,8)9)12-11-15-38-42(36,37)20-14-10-13-19(17-20)28(29,30)31/h10,13-14,17-18,21H,11-12,15-16H2,1-9H3,(H,32,35). The Bertz CT molecular complexity index is 1190. The summed E-state index contributed by atoms with van der Waals surface area (Å²) >= 11 is 0. The Kier molecular flexibility index (Phi) is 12.4.